The SMILES string of the molecule is CCCN[C@H]1CCc2c(OC)cccc2[C@H]1C. The van der Waals surface area contributed by atoms with Crippen LogP contribution in [-0.4, -0.2) is 19.7 Å². The van der Waals surface area contributed by atoms with E-state index >= 15 is 0 Å². The van der Waals surface area contributed by atoms with E-state index in [1.807, 2.05) is 0 Å². The summed E-state index contributed by atoms with van der Waals surface area (Å²) in [6.45, 7) is 5.66. The van der Waals surface area contributed by atoms with E-state index in [1.165, 1.54) is 24.0 Å². The molecule has 0 spiro atoms. The van der Waals surface area contributed by atoms with Gasteiger partial charge < -0.3 is 10.1 Å². The number of ether oxygens (including phenoxy) is 1. The largest absolute Gasteiger partial charge is 0.496 e. The fourth-order valence-corrected chi connectivity index (χ4v) is 2.84. The second-order valence-corrected chi connectivity index (χ2v) is 4.92. The summed E-state index contributed by atoms with van der Waals surface area (Å²) in [4.78, 5) is 0. The Morgan fingerprint density at radius 2 is 2.24 bits per heavy atom. The molecule has 2 rings (SSSR count). The molecule has 2 atom stereocenters. The monoisotopic (exact) mass is 233 g/mol. The first-order valence-corrected chi connectivity index (χ1v) is 6.67. The maximum atomic E-state index is 5.46. The normalized spacial score (nSPS) is 23.2. The van der Waals surface area contributed by atoms with Crippen molar-refractivity contribution in [1.29, 1.82) is 0 Å². The molecule has 0 radical (unpaired) electrons. The minimum Gasteiger partial charge on any atom is -0.496 e. The number of fused-ring (bicyclic) bond motifs is 1. The molecule has 0 heterocycles. The summed E-state index contributed by atoms with van der Waals surface area (Å²) in [5.74, 6) is 1.64. The minimum absolute atomic E-state index is 0.584. The van der Waals surface area contributed by atoms with E-state index < -0.39 is 0 Å². The Labute approximate surface area is 104 Å². The van der Waals surface area contributed by atoms with Crippen molar-refractivity contribution in [3.05, 3.63) is 29.3 Å². The molecule has 94 valence electrons. The van der Waals surface area contributed by atoms with E-state index in [0.717, 1.165) is 18.7 Å². The number of nitrogens with one attached hydrogen (secondary N) is 1. The Morgan fingerprint density at radius 1 is 1.41 bits per heavy atom. The van der Waals surface area contributed by atoms with Crippen LogP contribution in [0.4, 0.5) is 0 Å². The highest BCUT2D eigenvalue weighted by molar-refractivity contribution is 5.44. The molecule has 2 heteroatoms. The van der Waals surface area contributed by atoms with Gasteiger partial charge in [-0.3, -0.25) is 0 Å². The van der Waals surface area contributed by atoms with Crippen LogP contribution in [0.2, 0.25) is 0 Å². The van der Waals surface area contributed by atoms with Crippen LogP contribution in [0.25, 0.3) is 0 Å². The highest BCUT2D eigenvalue weighted by Gasteiger charge is 2.27. The molecule has 0 saturated carbocycles. The average Bonchev–Trinajstić information content (AvgIpc) is 2.37. The van der Waals surface area contributed by atoms with Gasteiger partial charge in [0.05, 0.1) is 7.11 Å². The molecule has 0 aliphatic heterocycles. The van der Waals surface area contributed by atoms with E-state index in [0.29, 0.717) is 12.0 Å². The second-order valence-electron chi connectivity index (χ2n) is 4.92. The molecule has 1 N–H and O–H groups in total. The van der Waals surface area contributed by atoms with Gasteiger partial charge in [-0.05, 0) is 48.9 Å². The predicted molar refractivity (Wildman–Crippen MR) is 71.8 cm³/mol. The molecule has 2 nitrogen and oxygen atoms in total. The van der Waals surface area contributed by atoms with Crippen LogP contribution >= 0.6 is 0 Å². The molecular weight excluding hydrogens is 210 g/mol. The predicted octanol–water partition coefficient (Wildman–Crippen LogP) is 3.11. The molecule has 0 bridgehead atoms. The fourth-order valence-electron chi connectivity index (χ4n) is 2.84. The lowest BCUT2D eigenvalue weighted by atomic mass is 9.80. The summed E-state index contributed by atoms with van der Waals surface area (Å²) in [6.07, 6.45) is 3.55. The molecular formula is C15H23NO. The molecule has 0 amide bonds. The van der Waals surface area contributed by atoms with Crippen molar-refractivity contribution >= 4 is 0 Å². The number of hydrogen-bond donors (Lipinski definition) is 1. The van der Waals surface area contributed by atoms with Crippen molar-refractivity contribution in [2.45, 2.75) is 45.1 Å². The molecule has 0 saturated heterocycles. The standard InChI is InChI=1S/C15H23NO/c1-4-10-16-14-9-8-13-12(11(14)2)6-5-7-15(13)17-3/h5-7,11,14,16H,4,8-10H2,1-3H3/t11-,14+/m1/s1. The first-order valence-electron chi connectivity index (χ1n) is 6.67. The lowest BCUT2D eigenvalue weighted by Crippen LogP contribution is -2.37. The third-order valence-corrected chi connectivity index (χ3v) is 3.85. The Kier molecular flexibility index (Phi) is 4.06. The minimum atomic E-state index is 0.584. The van der Waals surface area contributed by atoms with E-state index in [9.17, 15) is 0 Å². The first kappa shape index (κ1) is 12.4. The van der Waals surface area contributed by atoms with Crippen LogP contribution in [0.5, 0.6) is 5.75 Å². The fraction of sp³-hybridized carbons (Fsp3) is 0.600. The van der Waals surface area contributed by atoms with Gasteiger partial charge in [0, 0.05) is 6.04 Å². The Balaban J connectivity index is 2.20. The van der Waals surface area contributed by atoms with Crippen LogP contribution < -0.4 is 10.1 Å². The van der Waals surface area contributed by atoms with Crippen LogP contribution in [0.3, 0.4) is 0 Å². The van der Waals surface area contributed by atoms with Crippen molar-refractivity contribution < 1.29 is 4.74 Å². The van der Waals surface area contributed by atoms with E-state index in [2.05, 4.69) is 37.4 Å². The number of rotatable bonds is 4. The van der Waals surface area contributed by atoms with E-state index in [-0.39, 0.29) is 0 Å². The molecule has 1 aliphatic carbocycles. The van der Waals surface area contributed by atoms with E-state index in [4.69, 9.17) is 4.74 Å². The molecule has 1 aromatic rings. The Morgan fingerprint density at radius 3 is 2.94 bits per heavy atom. The van der Waals surface area contributed by atoms with Crippen LogP contribution in [0.15, 0.2) is 18.2 Å². The number of benzene rings is 1. The third-order valence-electron chi connectivity index (χ3n) is 3.85. The second kappa shape index (κ2) is 5.54. The lowest BCUT2D eigenvalue weighted by molar-refractivity contribution is 0.378. The van der Waals surface area contributed by atoms with Gasteiger partial charge in [0.15, 0.2) is 0 Å². The summed E-state index contributed by atoms with van der Waals surface area (Å²) >= 11 is 0. The summed E-state index contributed by atoms with van der Waals surface area (Å²) in [7, 11) is 1.77. The average molecular weight is 233 g/mol. The van der Waals surface area contributed by atoms with Crippen LogP contribution in [-0.2, 0) is 6.42 Å². The number of methoxy groups -OCH3 is 1. The highest BCUT2D eigenvalue weighted by Crippen LogP contribution is 2.36. The molecule has 0 fully saturated rings. The topological polar surface area (TPSA) is 21.3 Å². The summed E-state index contributed by atoms with van der Waals surface area (Å²) in [5, 5.41) is 3.66. The Hall–Kier alpha value is -1.02. The van der Waals surface area contributed by atoms with Crippen LogP contribution in [0, 0.1) is 0 Å². The molecule has 17 heavy (non-hydrogen) atoms. The Bertz CT molecular complexity index is 375. The zero-order valence-corrected chi connectivity index (χ0v) is 11.1. The summed E-state index contributed by atoms with van der Waals surface area (Å²) in [5.41, 5.74) is 2.88. The maximum absolute atomic E-state index is 5.46. The van der Waals surface area contributed by atoms with Gasteiger partial charge in [0.25, 0.3) is 0 Å². The van der Waals surface area contributed by atoms with Gasteiger partial charge in [-0.1, -0.05) is 26.0 Å². The van der Waals surface area contributed by atoms with Crippen molar-refractivity contribution in [2.24, 2.45) is 0 Å². The van der Waals surface area contributed by atoms with Gasteiger partial charge in [-0.15, -0.1) is 0 Å². The lowest BCUT2D eigenvalue weighted by Gasteiger charge is -2.32. The van der Waals surface area contributed by atoms with Crippen molar-refractivity contribution in [2.75, 3.05) is 13.7 Å². The quantitative estimate of drug-likeness (QED) is 0.862. The van der Waals surface area contributed by atoms with E-state index in [1.54, 1.807) is 7.11 Å². The smallest absolute Gasteiger partial charge is 0.122 e. The van der Waals surface area contributed by atoms with Crippen molar-refractivity contribution in [3.8, 4) is 5.75 Å². The molecule has 0 unspecified atom stereocenters. The highest BCUT2D eigenvalue weighted by atomic mass is 16.5. The molecule has 0 aromatic heterocycles. The van der Waals surface area contributed by atoms with Crippen molar-refractivity contribution in [1.82, 2.24) is 5.32 Å². The zero-order chi connectivity index (χ0) is 12.3. The molecule has 1 aliphatic rings. The van der Waals surface area contributed by atoms with Gasteiger partial charge in [-0.25, -0.2) is 0 Å². The van der Waals surface area contributed by atoms with Crippen molar-refractivity contribution in [3.63, 3.8) is 0 Å². The zero-order valence-electron chi connectivity index (χ0n) is 11.1. The van der Waals surface area contributed by atoms with Crippen LogP contribution in [0.1, 0.15) is 43.7 Å². The number of hydrogen-bond acceptors (Lipinski definition) is 2. The molecule has 1 aromatic carbocycles. The summed E-state index contributed by atoms with van der Waals surface area (Å²) in [6, 6.07) is 7.05. The first-order chi connectivity index (χ1) is 8.27. The maximum Gasteiger partial charge on any atom is 0.122 e. The van der Waals surface area contributed by atoms with Gasteiger partial charge in [-0.2, -0.15) is 0 Å². The van der Waals surface area contributed by atoms with Gasteiger partial charge in [0.2, 0.25) is 0 Å². The van der Waals surface area contributed by atoms with Gasteiger partial charge in [0.1, 0.15) is 5.75 Å². The summed E-state index contributed by atoms with van der Waals surface area (Å²) < 4.78 is 5.46. The third kappa shape index (κ3) is 2.47. The van der Waals surface area contributed by atoms with Gasteiger partial charge >= 0.3 is 0 Å².